The van der Waals surface area contributed by atoms with Crippen LogP contribution in [0.4, 0.5) is 0 Å². The molecule has 0 bridgehead atoms. The lowest BCUT2D eigenvalue weighted by Gasteiger charge is -2.36. The average Bonchev–Trinajstić information content (AvgIpc) is 2.83. The molecule has 0 saturated heterocycles. The van der Waals surface area contributed by atoms with Crippen LogP contribution in [0.3, 0.4) is 0 Å². The molecule has 0 atom stereocenters. The number of carboxylic acids is 1. The molecule has 6 nitrogen and oxygen atoms in total. The SMILES string of the molecule is COCc1nc(C)c(C(=O)NC2(C(=O)O)CCC(C)CC2)s1. The lowest BCUT2D eigenvalue weighted by atomic mass is 9.77. The van der Waals surface area contributed by atoms with Crippen molar-refractivity contribution in [1.29, 1.82) is 0 Å². The fourth-order valence-electron chi connectivity index (χ4n) is 2.77. The largest absolute Gasteiger partial charge is 0.480 e. The zero-order valence-electron chi connectivity index (χ0n) is 13.1. The summed E-state index contributed by atoms with van der Waals surface area (Å²) in [5, 5.41) is 13.1. The molecule has 1 amide bonds. The van der Waals surface area contributed by atoms with Gasteiger partial charge in [-0.1, -0.05) is 6.92 Å². The summed E-state index contributed by atoms with van der Waals surface area (Å²) in [6.07, 6.45) is 2.56. The van der Waals surface area contributed by atoms with Gasteiger partial charge < -0.3 is 15.2 Å². The van der Waals surface area contributed by atoms with Crippen LogP contribution in [0.2, 0.25) is 0 Å². The monoisotopic (exact) mass is 326 g/mol. The number of nitrogens with zero attached hydrogens (tertiary/aromatic N) is 1. The summed E-state index contributed by atoms with van der Waals surface area (Å²) in [5.74, 6) is -0.802. The fraction of sp³-hybridized carbons (Fsp3) is 0.667. The van der Waals surface area contributed by atoms with Crippen LogP contribution in [0.1, 0.15) is 53.0 Å². The molecule has 0 aliphatic heterocycles. The van der Waals surface area contributed by atoms with Gasteiger partial charge in [-0.3, -0.25) is 4.79 Å². The zero-order chi connectivity index (χ0) is 16.3. The van der Waals surface area contributed by atoms with Gasteiger partial charge in [-0.25, -0.2) is 9.78 Å². The molecule has 1 heterocycles. The summed E-state index contributed by atoms with van der Waals surface area (Å²) < 4.78 is 5.02. The van der Waals surface area contributed by atoms with Crippen molar-refractivity contribution in [2.75, 3.05) is 7.11 Å². The van der Waals surface area contributed by atoms with Gasteiger partial charge in [0.25, 0.3) is 5.91 Å². The quantitative estimate of drug-likeness (QED) is 0.867. The average molecular weight is 326 g/mol. The van der Waals surface area contributed by atoms with Gasteiger partial charge in [0.05, 0.1) is 12.3 Å². The van der Waals surface area contributed by atoms with E-state index in [1.807, 2.05) is 0 Å². The van der Waals surface area contributed by atoms with E-state index in [1.54, 1.807) is 14.0 Å². The van der Waals surface area contributed by atoms with Gasteiger partial charge in [0.2, 0.25) is 0 Å². The summed E-state index contributed by atoms with van der Waals surface area (Å²) in [6.45, 7) is 4.21. The molecule has 1 saturated carbocycles. The summed E-state index contributed by atoms with van der Waals surface area (Å²) in [7, 11) is 1.57. The van der Waals surface area contributed by atoms with Crippen LogP contribution >= 0.6 is 11.3 Å². The number of rotatable bonds is 5. The summed E-state index contributed by atoms with van der Waals surface area (Å²) in [5.41, 5.74) is -0.541. The Balaban J connectivity index is 2.16. The molecule has 1 aromatic rings. The van der Waals surface area contributed by atoms with E-state index in [2.05, 4.69) is 17.2 Å². The van der Waals surface area contributed by atoms with Crippen molar-refractivity contribution in [2.24, 2.45) is 5.92 Å². The standard InChI is InChI=1S/C15H22N2O4S/c1-9-4-6-15(7-5-9,14(19)20)17-13(18)12-10(2)16-11(22-12)8-21-3/h9H,4-8H2,1-3H3,(H,17,18)(H,19,20). The number of nitrogens with one attached hydrogen (secondary N) is 1. The molecule has 0 unspecified atom stereocenters. The van der Waals surface area contributed by atoms with Gasteiger partial charge >= 0.3 is 5.97 Å². The van der Waals surface area contributed by atoms with E-state index in [-0.39, 0.29) is 5.91 Å². The lowest BCUT2D eigenvalue weighted by molar-refractivity contribution is -0.146. The van der Waals surface area contributed by atoms with E-state index < -0.39 is 11.5 Å². The second kappa shape index (κ2) is 6.75. The van der Waals surface area contributed by atoms with Gasteiger partial charge in [0.15, 0.2) is 0 Å². The van der Waals surface area contributed by atoms with Crippen molar-refractivity contribution >= 4 is 23.2 Å². The molecule has 1 aliphatic carbocycles. The number of thiazole rings is 1. The molecule has 0 spiro atoms. The molecule has 1 fully saturated rings. The summed E-state index contributed by atoms with van der Waals surface area (Å²) in [4.78, 5) is 28.9. The van der Waals surface area contributed by atoms with E-state index in [0.717, 1.165) is 12.8 Å². The highest BCUT2D eigenvalue weighted by Gasteiger charge is 2.43. The number of aromatic nitrogens is 1. The van der Waals surface area contributed by atoms with Crippen LogP contribution in [-0.4, -0.2) is 34.6 Å². The predicted molar refractivity (Wildman–Crippen MR) is 83.0 cm³/mol. The first-order valence-electron chi connectivity index (χ1n) is 7.39. The van der Waals surface area contributed by atoms with E-state index >= 15 is 0 Å². The fourth-order valence-corrected chi connectivity index (χ4v) is 3.70. The van der Waals surface area contributed by atoms with Gasteiger partial charge in [0, 0.05) is 7.11 Å². The highest BCUT2D eigenvalue weighted by Crippen LogP contribution is 2.33. The Labute approximate surface area is 133 Å². The van der Waals surface area contributed by atoms with E-state index in [4.69, 9.17) is 4.74 Å². The van der Waals surface area contributed by atoms with Crippen LogP contribution in [0.5, 0.6) is 0 Å². The molecule has 22 heavy (non-hydrogen) atoms. The maximum absolute atomic E-state index is 12.5. The Morgan fingerprint density at radius 2 is 2.09 bits per heavy atom. The second-order valence-electron chi connectivity index (χ2n) is 5.98. The number of aryl methyl sites for hydroxylation is 1. The number of ether oxygens (including phenoxy) is 1. The first kappa shape index (κ1) is 16.9. The first-order chi connectivity index (χ1) is 10.4. The number of amides is 1. The predicted octanol–water partition coefficient (Wildman–Crippen LogP) is 2.36. The van der Waals surface area contributed by atoms with Crippen LogP contribution < -0.4 is 5.32 Å². The van der Waals surface area contributed by atoms with Gasteiger partial charge in [0.1, 0.15) is 15.4 Å². The highest BCUT2D eigenvalue weighted by molar-refractivity contribution is 7.13. The highest BCUT2D eigenvalue weighted by atomic mass is 32.1. The molecule has 7 heteroatoms. The summed E-state index contributed by atoms with van der Waals surface area (Å²) >= 11 is 1.25. The molecular formula is C15H22N2O4S. The van der Waals surface area contributed by atoms with Gasteiger partial charge in [-0.15, -0.1) is 11.3 Å². The molecule has 122 valence electrons. The second-order valence-corrected chi connectivity index (χ2v) is 7.06. The minimum atomic E-state index is -1.15. The smallest absolute Gasteiger partial charge is 0.329 e. The number of hydrogen-bond acceptors (Lipinski definition) is 5. The summed E-state index contributed by atoms with van der Waals surface area (Å²) in [6, 6.07) is 0. The number of methoxy groups -OCH3 is 1. The van der Waals surface area contributed by atoms with Crippen LogP contribution in [0.25, 0.3) is 0 Å². The van der Waals surface area contributed by atoms with Gasteiger partial charge in [-0.05, 0) is 38.5 Å². The Morgan fingerprint density at radius 3 is 2.64 bits per heavy atom. The van der Waals surface area contributed by atoms with Crippen LogP contribution in [-0.2, 0) is 16.1 Å². The molecular weight excluding hydrogens is 304 g/mol. The van der Waals surface area contributed by atoms with Crippen molar-refractivity contribution in [3.05, 3.63) is 15.6 Å². The minimum absolute atomic E-state index is 0.348. The molecule has 2 N–H and O–H groups in total. The van der Waals surface area contributed by atoms with Crippen LogP contribution in [0.15, 0.2) is 0 Å². The lowest BCUT2D eigenvalue weighted by Crippen LogP contribution is -2.56. The Morgan fingerprint density at radius 1 is 1.45 bits per heavy atom. The molecule has 1 aliphatic rings. The molecule has 0 aromatic carbocycles. The number of carboxylic acid groups (broad SMARTS) is 1. The van der Waals surface area contributed by atoms with E-state index in [0.29, 0.717) is 40.9 Å². The number of hydrogen-bond donors (Lipinski definition) is 2. The first-order valence-corrected chi connectivity index (χ1v) is 8.21. The normalized spacial score (nSPS) is 25.0. The number of aliphatic carboxylic acids is 1. The number of carbonyl (C=O) groups is 2. The van der Waals surface area contributed by atoms with Crippen molar-refractivity contribution in [3.8, 4) is 0 Å². The Kier molecular flexibility index (Phi) is 5.18. The zero-order valence-corrected chi connectivity index (χ0v) is 14.0. The van der Waals surface area contributed by atoms with Crippen molar-refractivity contribution in [1.82, 2.24) is 10.3 Å². The van der Waals surface area contributed by atoms with Crippen LogP contribution in [0, 0.1) is 12.8 Å². The third-order valence-electron chi connectivity index (χ3n) is 4.20. The molecule has 1 aromatic heterocycles. The number of carbonyl (C=O) groups excluding carboxylic acids is 1. The molecule has 0 radical (unpaired) electrons. The topological polar surface area (TPSA) is 88.5 Å². The minimum Gasteiger partial charge on any atom is -0.480 e. The molecule has 2 rings (SSSR count). The third kappa shape index (κ3) is 3.47. The maximum Gasteiger partial charge on any atom is 0.329 e. The van der Waals surface area contributed by atoms with Crippen molar-refractivity contribution in [2.45, 2.75) is 51.7 Å². The van der Waals surface area contributed by atoms with E-state index in [9.17, 15) is 14.7 Å². The van der Waals surface area contributed by atoms with Gasteiger partial charge in [-0.2, -0.15) is 0 Å². The Bertz CT molecular complexity index is 562. The van der Waals surface area contributed by atoms with E-state index in [1.165, 1.54) is 11.3 Å². The van der Waals surface area contributed by atoms with Crippen molar-refractivity contribution < 1.29 is 19.4 Å². The third-order valence-corrected chi connectivity index (χ3v) is 5.33. The maximum atomic E-state index is 12.5. The Hall–Kier alpha value is -1.47. The van der Waals surface area contributed by atoms with Crippen molar-refractivity contribution in [3.63, 3.8) is 0 Å².